The number of hydrogen-bond acceptors (Lipinski definition) is 5. The maximum absolute atomic E-state index is 13.0. The van der Waals surface area contributed by atoms with Gasteiger partial charge in [-0.3, -0.25) is 4.79 Å². The molecule has 2 aromatic rings. The lowest BCUT2D eigenvalue weighted by Crippen LogP contribution is -2.26. The van der Waals surface area contributed by atoms with E-state index >= 15 is 0 Å². The molecule has 31 heavy (non-hydrogen) atoms. The van der Waals surface area contributed by atoms with E-state index in [0.29, 0.717) is 17.9 Å². The zero-order chi connectivity index (χ0) is 22.4. The third-order valence-corrected chi connectivity index (χ3v) is 5.62. The Hall–Kier alpha value is -2.78. The number of alkyl halides is 3. The zero-order valence-electron chi connectivity index (χ0n) is 16.0. The van der Waals surface area contributed by atoms with Gasteiger partial charge in [0.05, 0.1) is 17.0 Å². The standard InChI is InChI=1S/C21H17ClF3N3O2S/c1-2-9-30-17-6-4-3-5-13(17)12-26-28-20-27-19(29)18(31-20)11-14-10-15(21(23,24)25)7-8-16(14)22/h2-8,10,12,18H,1,9,11H2,(H,27,28,29)/b26-12+. The van der Waals surface area contributed by atoms with E-state index in [1.165, 1.54) is 12.3 Å². The second-order valence-corrected chi connectivity index (χ2v) is 7.99. The molecule has 10 heteroatoms. The fourth-order valence-corrected chi connectivity index (χ4v) is 3.85. The van der Waals surface area contributed by atoms with Gasteiger partial charge < -0.3 is 10.1 Å². The lowest BCUT2D eigenvalue weighted by molar-refractivity contribution is -0.137. The van der Waals surface area contributed by atoms with Gasteiger partial charge in [-0.1, -0.05) is 48.2 Å². The van der Waals surface area contributed by atoms with Crippen molar-refractivity contribution in [2.75, 3.05) is 6.61 Å². The number of ether oxygens (including phenoxy) is 1. The topological polar surface area (TPSA) is 63.1 Å². The summed E-state index contributed by atoms with van der Waals surface area (Å²) in [4.78, 5) is 12.2. The van der Waals surface area contributed by atoms with E-state index in [0.717, 1.165) is 23.9 Å². The lowest BCUT2D eigenvalue weighted by Gasteiger charge is -2.12. The number of amides is 1. The van der Waals surface area contributed by atoms with Crippen molar-refractivity contribution in [2.24, 2.45) is 10.2 Å². The molecule has 1 atom stereocenters. The van der Waals surface area contributed by atoms with Crippen molar-refractivity contribution in [3.63, 3.8) is 0 Å². The van der Waals surface area contributed by atoms with Gasteiger partial charge in [-0.2, -0.15) is 18.3 Å². The SMILES string of the molecule is C=CCOc1ccccc1/C=N/N=C1\NC(=O)C(Cc2cc(C(F)(F)F)ccc2Cl)S1. The van der Waals surface area contributed by atoms with E-state index in [9.17, 15) is 18.0 Å². The predicted octanol–water partition coefficient (Wildman–Crippen LogP) is 5.09. The molecule has 1 N–H and O–H groups in total. The van der Waals surface area contributed by atoms with Crippen molar-refractivity contribution in [3.05, 3.63) is 76.8 Å². The quantitative estimate of drug-likeness (QED) is 0.350. The van der Waals surface area contributed by atoms with Crippen LogP contribution in [0.1, 0.15) is 16.7 Å². The molecular formula is C21H17ClF3N3O2S. The Kier molecular flexibility index (Phi) is 7.40. The average molecular weight is 468 g/mol. The number of rotatable bonds is 7. The number of carbonyl (C=O) groups excluding carboxylic acids is 1. The van der Waals surface area contributed by atoms with Crippen LogP contribution in [0.3, 0.4) is 0 Å². The van der Waals surface area contributed by atoms with Gasteiger partial charge in [0, 0.05) is 10.6 Å². The van der Waals surface area contributed by atoms with E-state index < -0.39 is 17.0 Å². The summed E-state index contributed by atoms with van der Waals surface area (Å²) in [5.41, 5.74) is 0.114. The van der Waals surface area contributed by atoms with Crippen LogP contribution in [0.15, 0.2) is 65.3 Å². The van der Waals surface area contributed by atoms with Gasteiger partial charge in [0.25, 0.3) is 0 Å². The minimum absolute atomic E-state index is 0.0280. The van der Waals surface area contributed by atoms with E-state index in [-0.39, 0.29) is 28.1 Å². The summed E-state index contributed by atoms with van der Waals surface area (Å²) in [5.74, 6) is 0.230. The summed E-state index contributed by atoms with van der Waals surface area (Å²) in [6, 6.07) is 10.3. The molecular weight excluding hydrogens is 451 g/mol. The van der Waals surface area contributed by atoms with Gasteiger partial charge in [0.1, 0.15) is 12.4 Å². The van der Waals surface area contributed by atoms with Crippen molar-refractivity contribution in [3.8, 4) is 5.75 Å². The van der Waals surface area contributed by atoms with Gasteiger partial charge in [0.2, 0.25) is 5.91 Å². The second kappa shape index (κ2) is 10.0. The number of nitrogens with one attached hydrogen (secondary N) is 1. The molecule has 1 aliphatic heterocycles. The monoisotopic (exact) mass is 467 g/mol. The molecule has 3 rings (SSSR count). The number of nitrogens with zero attached hydrogens (tertiary/aromatic N) is 2. The van der Waals surface area contributed by atoms with Gasteiger partial charge in [-0.05, 0) is 42.3 Å². The minimum atomic E-state index is -4.49. The first-order valence-corrected chi connectivity index (χ1v) is 10.3. The van der Waals surface area contributed by atoms with Gasteiger partial charge in [-0.25, -0.2) is 0 Å². The summed E-state index contributed by atoms with van der Waals surface area (Å²) < 4.78 is 44.4. The van der Waals surface area contributed by atoms with Crippen LogP contribution in [0.4, 0.5) is 13.2 Å². The molecule has 0 aliphatic carbocycles. The van der Waals surface area contributed by atoms with Crippen LogP contribution in [0.2, 0.25) is 5.02 Å². The summed E-state index contributed by atoms with van der Waals surface area (Å²) in [6.07, 6.45) is -1.36. The second-order valence-electron chi connectivity index (χ2n) is 6.39. The molecule has 2 aromatic carbocycles. The predicted molar refractivity (Wildman–Crippen MR) is 117 cm³/mol. The van der Waals surface area contributed by atoms with Crippen molar-refractivity contribution < 1.29 is 22.7 Å². The number of halogens is 4. The molecule has 162 valence electrons. The number of benzene rings is 2. The van der Waals surface area contributed by atoms with Crippen LogP contribution in [-0.2, 0) is 17.4 Å². The van der Waals surface area contributed by atoms with Gasteiger partial charge in [0.15, 0.2) is 5.17 Å². The average Bonchev–Trinajstić information content (AvgIpc) is 3.07. The molecule has 0 spiro atoms. The molecule has 1 saturated heterocycles. The third-order valence-electron chi connectivity index (χ3n) is 4.18. The molecule has 0 saturated carbocycles. The van der Waals surface area contributed by atoms with Crippen LogP contribution < -0.4 is 10.1 Å². The Morgan fingerprint density at radius 2 is 2.03 bits per heavy atom. The maximum Gasteiger partial charge on any atom is 0.416 e. The molecule has 1 amide bonds. The van der Waals surface area contributed by atoms with Crippen LogP contribution in [0.5, 0.6) is 5.75 Å². The first kappa shape index (κ1) is 22.9. The van der Waals surface area contributed by atoms with Crippen LogP contribution in [0.25, 0.3) is 0 Å². The van der Waals surface area contributed by atoms with Crippen molar-refractivity contribution in [1.82, 2.24) is 5.32 Å². The van der Waals surface area contributed by atoms with Crippen LogP contribution in [0, 0.1) is 0 Å². The number of hydrogen-bond donors (Lipinski definition) is 1. The number of amidine groups is 1. The van der Waals surface area contributed by atoms with Crippen LogP contribution in [-0.4, -0.2) is 29.1 Å². The molecule has 0 bridgehead atoms. The number of thioether (sulfide) groups is 1. The Labute approximate surface area is 186 Å². The summed E-state index contributed by atoms with van der Waals surface area (Å²) in [5, 5.41) is 10.3. The normalized spacial score (nSPS) is 17.9. The smallest absolute Gasteiger partial charge is 0.416 e. The number of carbonyl (C=O) groups is 1. The highest BCUT2D eigenvalue weighted by Crippen LogP contribution is 2.33. The van der Waals surface area contributed by atoms with Crippen molar-refractivity contribution in [2.45, 2.75) is 17.8 Å². The Balaban J connectivity index is 1.69. The molecule has 1 unspecified atom stereocenters. The Bertz CT molecular complexity index is 1040. The first-order valence-electron chi connectivity index (χ1n) is 9.05. The lowest BCUT2D eigenvalue weighted by atomic mass is 10.1. The van der Waals surface area contributed by atoms with Crippen molar-refractivity contribution in [1.29, 1.82) is 0 Å². The fraction of sp³-hybridized carbons (Fsp3) is 0.190. The van der Waals surface area contributed by atoms with E-state index in [1.54, 1.807) is 18.2 Å². The van der Waals surface area contributed by atoms with E-state index in [1.807, 2.05) is 12.1 Å². The van der Waals surface area contributed by atoms with Gasteiger partial charge >= 0.3 is 6.18 Å². The molecule has 5 nitrogen and oxygen atoms in total. The molecule has 1 aliphatic rings. The van der Waals surface area contributed by atoms with E-state index in [2.05, 4.69) is 22.1 Å². The van der Waals surface area contributed by atoms with Gasteiger partial charge in [-0.15, -0.1) is 5.10 Å². The maximum atomic E-state index is 13.0. The molecule has 0 radical (unpaired) electrons. The summed E-state index contributed by atoms with van der Waals surface area (Å²) in [7, 11) is 0. The fourth-order valence-electron chi connectivity index (χ4n) is 2.70. The molecule has 0 aromatic heterocycles. The first-order chi connectivity index (χ1) is 14.8. The highest BCUT2D eigenvalue weighted by molar-refractivity contribution is 8.15. The highest BCUT2D eigenvalue weighted by atomic mass is 35.5. The number of para-hydroxylation sites is 1. The van der Waals surface area contributed by atoms with E-state index in [4.69, 9.17) is 16.3 Å². The largest absolute Gasteiger partial charge is 0.489 e. The summed E-state index contributed by atoms with van der Waals surface area (Å²) >= 11 is 7.11. The summed E-state index contributed by atoms with van der Waals surface area (Å²) in [6.45, 7) is 3.94. The third kappa shape index (κ3) is 6.11. The highest BCUT2D eigenvalue weighted by Gasteiger charge is 2.34. The zero-order valence-corrected chi connectivity index (χ0v) is 17.6. The Morgan fingerprint density at radius 1 is 1.26 bits per heavy atom. The van der Waals surface area contributed by atoms with Crippen molar-refractivity contribution >= 4 is 40.7 Å². The Morgan fingerprint density at radius 3 is 2.77 bits per heavy atom. The van der Waals surface area contributed by atoms with Crippen LogP contribution >= 0.6 is 23.4 Å². The minimum Gasteiger partial charge on any atom is -0.489 e. The molecule has 1 fully saturated rings. The molecule has 1 heterocycles.